The van der Waals surface area contributed by atoms with Crippen molar-refractivity contribution < 1.29 is 14.7 Å². The average molecular weight is 396 g/mol. The number of H-pyrrole nitrogens is 1. The van der Waals surface area contributed by atoms with Crippen molar-refractivity contribution in [3.05, 3.63) is 26.6 Å². The minimum absolute atomic E-state index is 0.0928. The van der Waals surface area contributed by atoms with Gasteiger partial charge in [-0.3, -0.25) is 14.4 Å². The summed E-state index contributed by atoms with van der Waals surface area (Å²) in [7, 11) is 0. The van der Waals surface area contributed by atoms with Crippen LogP contribution in [0.5, 0.6) is 0 Å². The second-order valence-corrected chi connectivity index (χ2v) is 8.51. The molecule has 0 saturated heterocycles. The zero-order valence-electron chi connectivity index (χ0n) is 14.5. The normalized spacial score (nSPS) is 14.8. The van der Waals surface area contributed by atoms with Crippen molar-refractivity contribution in [3.63, 3.8) is 0 Å². The fraction of sp³-hybridized carbons (Fsp3) is 0.529. The van der Waals surface area contributed by atoms with E-state index in [1.54, 1.807) is 18.3 Å². The van der Waals surface area contributed by atoms with E-state index in [4.69, 9.17) is 5.11 Å². The Hall–Kier alpha value is -1.87. The molecule has 1 aliphatic carbocycles. The van der Waals surface area contributed by atoms with Gasteiger partial charge in [0.2, 0.25) is 5.91 Å². The summed E-state index contributed by atoms with van der Waals surface area (Å²) in [5, 5.41) is 12.1. The van der Waals surface area contributed by atoms with E-state index >= 15 is 0 Å². The van der Waals surface area contributed by atoms with Crippen LogP contribution in [-0.2, 0) is 28.2 Å². The number of nitrogens with one attached hydrogen (secondary N) is 2. The van der Waals surface area contributed by atoms with Gasteiger partial charge < -0.3 is 15.4 Å². The zero-order chi connectivity index (χ0) is 18.7. The SMILES string of the molecule is CC(CNC(=O)CSCc1nc2sc3c(c2c(=O)[nH]1)CCCC3)C(=O)O. The van der Waals surface area contributed by atoms with Crippen LogP contribution in [0.3, 0.4) is 0 Å². The van der Waals surface area contributed by atoms with Crippen LogP contribution in [0.25, 0.3) is 10.2 Å². The Bertz CT molecular complexity index is 890. The molecule has 3 rings (SSSR count). The van der Waals surface area contributed by atoms with E-state index in [2.05, 4.69) is 15.3 Å². The monoisotopic (exact) mass is 395 g/mol. The van der Waals surface area contributed by atoms with Gasteiger partial charge in [0.1, 0.15) is 10.7 Å². The lowest BCUT2D eigenvalue weighted by atomic mass is 9.97. The summed E-state index contributed by atoms with van der Waals surface area (Å²) >= 11 is 2.95. The van der Waals surface area contributed by atoms with Crippen molar-refractivity contribution in [3.8, 4) is 0 Å². The molecule has 2 aromatic rings. The van der Waals surface area contributed by atoms with E-state index in [0.29, 0.717) is 11.6 Å². The minimum Gasteiger partial charge on any atom is -0.481 e. The predicted octanol–water partition coefficient (Wildman–Crippen LogP) is 1.93. The second-order valence-electron chi connectivity index (χ2n) is 6.44. The summed E-state index contributed by atoms with van der Waals surface area (Å²) in [6, 6.07) is 0. The first kappa shape index (κ1) is 18.9. The number of fused-ring (bicyclic) bond motifs is 3. The van der Waals surface area contributed by atoms with Crippen LogP contribution < -0.4 is 10.9 Å². The van der Waals surface area contributed by atoms with Crippen LogP contribution in [0.1, 0.15) is 36.0 Å². The first-order valence-electron chi connectivity index (χ1n) is 8.56. The topological polar surface area (TPSA) is 112 Å². The first-order chi connectivity index (χ1) is 12.5. The van der Waals surface area contributed by atoms with Crippen LogP contribution in [-0.4, -0.2) is 39.2 Å². The highest BCUT2D eigenvalue weighted by Crippen LogP contribution is 2.33. The lowest BCUT2D eigenvalue weighted by Crippen LogP contribution is -2.32. The fourth-order valence-corrected chi connectivity index (χ4v) is 4.92. The molecule has 9 heteroatoms. The van der Waals surface area contributed by atoms with E-state index < -0.39 is 11.9 Å². The standard InChI is InChI=1S/C17H21N3O4S2/c1-9(17(23)24)6-18-13(21)8-25-7-12-19-15(22)14-10-4-2-3-5-11(10)26-16(14)20-12/h9H,2-8H2,1H3,(H,18,21)(H,23,24)(H,19,20,22). The molecule has 1 aliphatic rings. The Morgan fingerprint density at radius 3 is 2.92 bits per heavy atom. The van der Waals surface area contributed by atoms with Crippen molar-refractivity contribution in [1.29, 1.82) is 0 Å². The number of thioether (sulfide) groups is 1. The Labute approximate surface area is 158 Å². The minimum atomic E-state index is -0.938. The largest absolute Gasteiger partial charge is 0.481 e. The number of carboxylic acid groups (broad SMARTS) is 1. The summed E-state index contributed by atoms with van der Waals surface area (Å²) in [6.45, 7) is 1.65. The molecule has 0 aromatic carbocycles. The molecule has 0 aliphatic heterocycles. The highest BCUT2D eigenvalue weighted by atomic mass is 32.2. The molecule has 0 radical (unpaired) electrons. The number of thiophene rings is 1. The summed E-state index contributed by atoms with van der Waals surface area (Å²) in [5.41, 5.74) is 1.07. The summed E-state index contributed by atoms with van der Waals surface area (Å²) in [6.07, 6.45) is 4.25. The van der Waals surface area contributed by atoms with Crippen molar-refractivity contribution in [2.75, 3.05) is 12.3 Å². The maximum Gasteiger partial charge on any atom is 0.308 e. The highest BCUT2D eigenvalue weighted by Gasteiger charge is 2.19. The third kappa shape index (κ3) is 4.27. The van der Waals surface area contributed by atoms with Gasteiger partial charge in [0, 0.05) is 11.4 Å². The maximum atomic E-state index is 12.4. The molecule has 1 atom stereocenters. The van der Waals surface area contributed by atoms with Gasteiger partial charge in [-0.25, -0.2) is 4.98 Å². The quantitative estimate of drug-likeness (QED) is 0.660. The fourth-order valence-electron chi connectivity index (χ4n) is 2.92. The molecular weight excluding hydrogens is 374 g/mol. The molecule has 26 heavy (non-hydrogen) atoms. The number of carbonyl (C=O) groups is 2. The number of aromatic nitrogens is 2. The number of amides is 1. The first-order valence-corrected chi connectivity index (χ1v) is 10.5. The molecule has 2 heterocycles. The molecule has 0 spiro atoms. The van der Waals surface area contributed by atoms with Gasteiger partial charge in [-0.05, 0) is 31.2 Å². The van der Waals surface area contributed by atoms with Gasteiger partial charge >= 0.3 is 5.97 Å². The number of carboxylic acids is 1. The molecule has 0 saturated carbocycles. The molecule has 140 valence electrons. The summed E-state index contributed by atoms with van der Waals surface area (Å²) in [4.78, 5) is 44.4. The molecule has 7 nitrogen and oxygen atoms in total. The smallest absolute Gasteiger partial charge is 0.308 e. The predicted molar refractivity (Wildman–Crippen MR) is 103 cm³/mol. The number of rotatable bonds is 7. The summed E-state index contributed by atoms with van der Waals surface area (Å²) in [5.74, 6) is -0.596. The van der Waals surface area contributed by atoms with E-state index in [9.17, 15) is 14.4 Å². The average Bonchev–Trinajstić information content (AvgIpc) is 2.98. The highest BCUT2D eigenvalue weighted by molar-refractivity contribution is 7.99. The lowest BCUT2D eigenvalue weighted by molar-refractivity contribution is -0.141. The van der Waals surface area contributed by atoms with E-state index in [-0.39, 0.29) is 23.8 Å². The van der Waals surface area contributed by atoms with Gasteiger partial charge in [0.15, 0.2) is 0 Å². The molecule has 0 bridgehead atoms. The molecule has 1 unspecified atom stereocenters. The molecule has 0 fully saturated rings. The third-order valence-electron chi connectivity index (χ3n) is 4.37. The van der Waals surface area contributed by atoms with Crippen LogP contribution in [0.15, 0.2) is 4.79 Å². The second kappa shape index (κ2) is 8.22. The van der Waals surface area contributed by atoms with Crippen LogP contribution in [0.4, 0.5) is 0 Å². The van der Waals surface area contributed by atoms with Gasteiger partial charge in [0.05, 0.1) is 22.8 Å². The van der Waals surface area contributed by atoms with Gasteiger partial charge in [-0.1, -0.05) is 6.92 Å². The number of hydrogen-bond acceptors (Lipinski definition) is 6. The Balaban J connectivity index is 1.59. The van der Waals surface area contributed by atoms with Crippen molar-refractivity contribution in [2.45, 2.75) is 38.4 Å². The third-order valence-corrected chi connectivity index (χ3v) is 6.50. The number of carbonyl (C=O) groups excluding carboxylic acids is 1. The Morgan fingerprint density at radius 2 is 2.15 bits per heavy atom. The molecule has 1 amide bonds. The van der Waals surface area contributed by atoms with E-state index in [0.717, 1.165) is 41.5 Å². The van der Waals surface area contributed by atoms with Crippen molar-refractivity contribution in [2.24, 2.45) is 5.92 Å². The molecule has 3 N–H and O–H groups in total. The van der Waals surface area contributed by atoms with Crippen LogP contribution in [0.2, 0.25) is 0 Å². The van der Waals surface area contributed by atoms with Gasteiger partial charge in [-0.15, -0.1) is 23.1 Å². The lowest BCUT2D eigenvalue weighted by Gasteiger charge is -2.09. The molecule has 2 aromatic heterocycles. The summed E-state index contributed by atoms with van der Waals surface area (Å²) < 4.78 is 0. The van der Waals surface area contributed by atoms with E-state index in [1.807, 2.05) is 0 Å². The van der Waals surface area contributed by atoms with Crippen molar-refractivity contribution >= 4 is 45.2 Å². The van der Waals surface area contributed by atoms with Crippen LogP contribution in [0, 0.1) is 5.92 Å². The Kier molecular flexibility index (Phi) is 5.98. The number of aromatic amines is 1. The number of nitrogens with zero attached hydrogens (tertiary/aromatic N) is 1. The van der Waals surface area contributed by atoms with E-state index in [1.165, 1.54) is 16.6 Å². The number of aliphatic carboxylic acids is 1. The maximum absolute atomic E-state index is 12.4. The van der Waals surface area contributed by atoms with Gasteiger partial charge in [0.25, 0.3) is 5.56 Å². The number of aryl methyl sites for hydroxylation is 2. The van der Waals surface area contributed by atoms with Gasteiger partial charge in [-0.2, -0.15) is 0 Å². The van der Waals surface area contributed by atoms with Crippen LogP contribution >= 0.6 is 23.1 Å². The Morgan fingerprint density at radius 1 is 1.38 bits per heavy atom. The van der Waals surface area contributed by atoms with Crippen molar-refractivity contribution in [1.82, 2.24) is 15.3 Å². The number of hydrogen-bond donors (Lipinski definition) is 3. The zero-order valence-corrected chi connectivity index (χ0v) is 16.1. The molecular formula is C17H21N3O4S2.